The van der Waals surface area contributed by atoms with E-state index >= 15 is 0 Å². The number of hydrogen-bond donors (Lipinski definition) is 1. The van der Waals surface area contributed by atoms with Crippen LogP contribution in [0.4, 0.5) is 0 Å². The molecule has 1 N–H and O–H groups in total. The van der Waals surface area contributed by atoms with Gasteiger partial charge in [-0.1, -0.05) is 17.7 Å². The Balaban J connectivity index is 1.78. The Morgan fingerprint density at radius 2 is 2.11 bits per heavy atom. The fourth-order valence-electron chi connectivity index (χ4n) is 1.85. The second-order valence-corrected chi connectivity index (χ2v) is 4.75. The Morgan fingerprint density at radius 3 is 2.72 bits per heavy atom. The van der Waals surface area contributed by atoms with Crippen molar-refractivity contribution in [3.63, 3.8) is 0 Å². The highest BCUT2D eigenvalue weighted by Gasteiger charge is 2.13. The van der Waals surface area contributed by atoms with Gasteiger partial charge in [0.05, 0.1) is 13.1 Å². The number of hydrogen-bond acceptors (Lipinski definition) is 4. The molecule has 0 saturated heterocycles. The lowest BCUT2D eigenvalue weighted by atomic mass is 10.2. The van der Waals surface area contributed by atoms with Gasteiger partial charge in [0.1, 0.15) is 11.9 Å². The Labute approximate surface area is 109 Å². The Hall–Kier alpha value is -1.71. The van der Waals surface area contributed by atoms with E-state index in [-0.39, 0.29) is 6.10 Å². The lowest BCUT2D eigenvalue weighted by Gasteiger charge is -2.19. The molecule has 1 aromatic rings. The zero-order chi connectivity index (χ0) is 13.0. The van der Waals surface area contributed by atoms with Gasteiger partial charge in [-0.15, -0.1) is 0 Å². The van der Waals surface area contributed by atoms with E-state index < -0.39 is 0 Å². The first-order chi connectivity index (χ1) is 8.65. The number of benzene rings is 1. The second kappa shape index (κ2) is 5.76. The molecule has 98 valence electrons. The van der Waals surface area contributed by atoms with Gasteiger partial charge in [0.2, 0.25) is 0 Å². The molecule has 0 bridgehead atoms. The van der Waals surface area contributed by atoms with Crippen LogP contribution in [-0.4, -0.2) is 43.6 Å². The van der Waals surface area contributed by atoms with Crippen LogP contribution in [-0.2, 0) is 0 Å². The maximum absolute atomic E-state index is 5.83. The van der Waals surface area contributed by atoms with Crippen molar-refractivity contribution >= 4 is 5.96 Å². The summed E-state index contributed by atoms with van der Waals surface area (Å²) in [5, 5.41) is 3.31. The highest BCUT2D eigenvalue weighted by atomic mass is 16.5. The third-order valence-electron chi connectivity index (χ3n) is 2.96. The molecular formula is C14H21N3O. The van der Waals surface area contributed by atoms with Crippen molar-refractivity contribution in [2.45, 2.75) is 20.0 Å². The summed E-state index contributed by atoms with van der Waals surface area (Å²) in [6.45, 7) is 6.77. The summed E-state index contributed by atoms with van der Waals surface area (Å²) in [6, 6.07) is 8.13. The number of aliphatic imine (C=N–C) groups is 1. The van der Waals surface area contributed by atoms with E-state index in [0.29, 0.717) is 0 Å². The van der Waals surface area contributed by atoms with Crippen molar-refractivity contribution in [1.29, 1.82) is 0 Å². The van der Waals surface area contributed by atoms with Gasteiger partial charge in [0, 0.05) is 13.6 Å². The minimum Gasteiger partial charge on any atom is -0.489 e. The minimum atomic E-state index is 0.115. The summed E-state index contributed by atoms with van der Waals surface area (Å²) >= 11 is 0. The van der Waals surface area contributed by atoms with Gasteiger partial charge in [-0.05, 0) is 26.0 Å². The molecule has 4 nitrogen and oxygen atoms in total. The molecule has 1 aliphatic rings. The first-order valence-electron chi connectivity index (χ1n) is 6.38. The van der Waals surface area contributed by atoms with E-state index in [4.69, 9.17) is 4.74 Å². The summed E-state index contributed by atoms with van der Waals surface area (Å²) in [4.78, 5) is 6.51. The SMILES string of the molecule is Cc1ccc(OC(C)CNC2=NCCN2C)cc1. The molecule has 1 atom stereocenters. The van der Waals surface area contributed by atoms with Crippen LogP contribution in [0.15, 0.2) is 29.3 Å². The summed E-state index contributed by atoms with van der Waals surface area (Å²) in [5.74, 6) is 1.88. The first-order valence-corrected chi connectivity index (χ1v) is 6.38. The number of guanidine groups is 1. The van der Waals surface area contributed by atoms with Gasteiger partial charge in [0.25, 0.3) is 0 Å². The maximum Gasteiger partial charge on any atom is 0.193 e. The predicted molar refractivity (Wildman–Crippen MR) is 74.2 cm³/mol. The number of nitrogens with one attached hydrogen (secondary N) is 1. The number of aryl methyl sites for hydroxylation is 1. The standard InChI is InChI=1S/C14H21N3O/c1-11-4-6-13(7-5-11)18-12(2)10-16-14-15-8-9-17(14)3/h4-7,12H,8-10H2,1-3H3,(H,15,16). The third-order valence-corrected chi connectivity index (χ3v) is 2.96. The molecule has 0 saturated carbocycles. The van der Waals surface area contributed by atoms with Gasteiger partial charge in [-0.3, -0.25) is 4.99 Å². The molecule has 0 aromatic heterocycles. The van der Waals surface area contributed by atoms with Crippen molar-refractivity contribution < 1.29 is 4.74 Å². The molecule has 4 heteroatoms. The van der Waals surface area contributed by atoms with Crippen LogP contribution in [0.1, 0.15) is 12.5 Å². The van der Waals surface area contributed by atoms with Crippen LogP contribution in [0.25, 0.3) is 0 Å². The zero-order valence-electron chi connectivity index (χ0n) is 11.3. The molecule has 0 aliphatic carbocycles. The summed E-state index contributed by atoms with van der Waals surface area (Å²) in [6.07, 6.45) is 0.115. The third kappa shape index (κ3) is 3.39. The molecule has 18 heavy (non-hydrogen) atoms. The molecule has 0 fully saturated rings. The maximum atomic E-state index is 5.83. The normalized spacial score (nSPS) is 16.4. The smallest absolute Gasteiger partial charge is 0.193 e. The van der Waals surface area contributed by atoms with Crippen molar-refractivity contribution in [1.82, 2.24) is 10.2 Å². The van der Waals surface area contributed by atoms with Crippen LogP contribution in [0.2, 0.25) is 0 Å². The van der Waals surface area contributed by atoms with Gasteiger partial charge >= 0.3 is 0 Å². The Kier molecular flexibility index (Phi) is 4.07. The van der Waals surface area contributed by atoms with E-state index in [1.54, 1.807) is 0 Å². The van der Waals surface area contributed by atoms with E-state index in [1.807, 2.05) is 19.2 Å². The van der Waals surface area contributed by atoms with Crippen LogP contribution < -0.4 is 10.1 Å². The molecular weight excluding hydrogens is 226 g/mol. The van der Waals surface area contributed by atoms with Crippen LogP contribution in [0.5, 0.6) is 5.75 Å². The number of rotatable bonds is 4. The van der Waals surface area contributed by atoms with Gasteiger partial charge < -0.3 is 15.0 Å². The largest absolute Gasteiger partial charge is 0.489 e. The van der Waals surface area contributed by atoms with Crippen molar-refractivity contribution in [3.05, 3.63) is 29.8 Å². The van der Waals surface area contributed by atoms with E-state index in [9.17, 15) is 0 Å². The Morgan fingerprint density at radius 1 is 1.39 bits per heavy atom. The number of likely N-dealkylation sites (N-methyl/N-ethyl adjacent to an activating group) is 1. The van der Waals surface area contributed by atoms with Crippen molar-refractivity contribution in [2.75, 3.05) is 26.7 Å². The molecule has 0 amide bonds. The minimum absolute atomic E-state index is 0.115. The molecule has 0 spiro atoms. The average molecular weight is 247 g/mol. The highest BCUT2D eigenvalue weighted by molar-refractivity contribution is 5.81. The second-order valence-electron chi connectivity index (χ2n) is 4.75. The predicted octanol–water partition coefficient (Wildman–Crippen LogP) is 1.65. The fourth-order valence-corrected chi connectivity index (χ4v) is 1.85. The van der Waals surface area contributed by atoms with Crippen LogP contribution in [0.3, 0.4) is 0 Å². The Bertz CT molecular complexity index is 414. The van der Waals surface area contributed by atoms with Gasteiger partial charge in [-0.2, -0.15) is 0 Å². The number of ether oxygens (including phenoxy) is 1. The lowest BCUT2D eigenvalue weighted by molar-refractivity contribution is 0.223. The zero-order valence-corrected chi connectivity index (χ0v) is 11.3. The van der Waals surface area contributed by atoms with E-state index in [1.165, 1.54) is 5.56 Å². The summed E-state index contributed by atoms with van der Waals surface area (Å²) in [5.41, 5.74) is 1.25. The van der Waals surface area contributed by atoms with Gasteiger partial charge in [0.15, 0.2) is 5.96 Å². The average Bonchev–Trinajstić information content (AvgIpc) is 2.75. The summed E-state index contributed by atoms with van der Waals surface area (Å²) in [7, 11) is 2.05. The van der Waals surface area contributed by atoms with E-state index in [0.717, 1.165) is 31.3 Å². The monoisotopic (exact) mass is 247 g/mol. The molecule has 2 rings (SSSR count). The molecule has 1 aromatic carbocycles. The fraction of sp³-hybridized carbons (Fsp3) is 0.500. The molecule has 1 unspecified atom stereocenters. The van der Waals surface area contributed by atoms with Crippen molar-refractivity contribution in [3.8, 4) is 5.75 Å². The van der Waals surface area contributed by atoms with E-state index in [2.05, 4.69) is 41.2 Å². The molecule has 1 heterocycles. The number of nitrogens with zero attached hydrogens (tertiary/aromatic N) is 2. The molecule has 1 aliphatic heterocycles. The topological polar surface area (TPSA) is 36.9 Å². The lowest BCUT2D eigenvalue weighted by Crippen LogP contribution is -2.40. The summed E-state index contributed by atoms with van der Waals surface area (Å²) < 4.78 is 5.83. The van der Waals surface area contributed by atoms with Gasteiger partial charge in [-0.25, -0.2) is 0 Å². The van der Waals surface area contributed by atoms with Crippen LogP contribution in [0, 0.1) is 6.92 Å². The van der Waals surface area contributed by atoms with Crippen molar-refractivity contribution in [2.24, 2.45) is 4.99 Å². The highest BCUT2D eigenvalue weighted by Crippen LogP contribution is 2.13. The van der Waals surface area contributed by atoms with Crippen LogP contribution >= 0.6 is 0 Å². The molecule has 0 radical (unpaired) electrons. The quantitative estimate of drug-likeness (QED) is 0.879. The first kappa shape index (κ1) is 12.7.